The second kappa shape index (κ2) is 13.0. The Morgan fingerprint density at radius 2 is 1.48 bits per heavy atom. The summed E-state index contributed by atoms with van der Waals surface area (Å²) in [7, 11) is 1.90. The summed E-state index contributed by atoms with van der Waals surface area (Å²) in [6.07, 6.45) is 8.08. The van der Waals surface area contributed by atoms with Gasteiger partial charge in [-0.25, -0.2) is 0 Å². The number of piperidine rings is 3. The molecule has 3 N–H and O–H groups in total. The third-order valence-electron chi connectivity index (χ3n) is 9.91. The van der Waals surface area contributed by atoms with E-state index in [1.54, 1.807) is 6.07 Å². The van der Waals surface area contributed by atoms with Gasteiger partial charge in [0.15, 0.2) is 5.82 Å². The summed E-state index contributed by atoms with van der Waals surface area (Å²) in [5.41, 5.74) is 2.49. The van der Waals surface area contributed by atoms with E-state index in [9.17, 15) is 5.11 Å². The van der Waals surface area contributed by atoms with Crippen molar-refractivity contribution >= 4 is 11.5 Å². The number of nitrogens with zero attached hydrogens (tertiary/aromatic N) is 6. The largest absolute Gasteiger partial charge is 0.507 e. The molecule has 0 unspecified atom stereocenters. The molecule has 1 aromatic heterocycles. The van der Waals surface area contributed by atoms with Crippen LogP contribution in [0.3, 0.4) is 0 Å². The normalized spacial score (nSPS) is 23.5. The molecular formula is C31H48N8O. The highest BCUT2D eigenvalue weighted by atomic mass is 16.3. The van der Waals surface area contributed by atoms with Gasteiger partial charge in [0.25, 0.3) is 0 Å². The van der Waals surface area contributed by atoms with Gasteiger partial charge in [0.05, 0.1) is 11.4 Å². The lowest BCUT2D eigenvalue weighted by atomic mass is 9.92. The van der Waals surface area contributed by atoms with Crippen LogP contribution < -0.4 is 15.5 Å². The first-order valence-corrected chi connectivity index (χ1v) is 15.7. The first-order chi connectivity index (χ1) is 19.7. The van der Waals surface area contributed by atoms with Crippen molar-refractivity contribution in [2.75, 3.05) is 89.3 Å². The number of aromatic nitrogens is 2. The Hall–Kier alpha value is -2.46. The summed E-state index contributed by atoms with van der Waals surface area (Å²) in [6.45, 7) is 12.9. The van der Waals surface area contributed by atoms with Crippen LogP contribution in [-0.2, 0) is 0 Å². The molecule has 1 aromatic carbocycles. The maximum Gasteiger partial charge on any atom is 0.172 e. The lowest BCUT2D eigenvalue weighted by Crippen LogP contribution is -2.52. The molecule has 0 saturated carbocycles. The number of aromatic hydroxyl groups is 1. The molecule has 0 atom stereocenters. The molecule has 4 aliphatic heterocycles. The Balaban J connectivity index is 0.959. The van der Waals surface area contributed by atoms with Crippen LogP contribution in [0.4, 0.5) is 11.5 Å². The highest BCUT2D eigenvalue weighted by Crippen LogP contribution is 2.33. The molecule has 4 aliphatic rings. The number of benzene rings is 1. The lowest BCUT2D eigenvalue weighted by Gasteiger charge is -2.45. The van der Waals surface area contributed by atoms with Crippen LogP contribution in [0.15, 0.2) is 30.3 Å². The summed E-state index contributed by atoms with van der Waals surface area (Å²) in [5.74, 6) is 1.85. The Morgan fingerprint density at radius 1 is 0.825 bits per heavy atom. The molecule has 4 fully saturated rings. The third-order valence-corrected chi connectivity index (χ3v) is 9.91. The number of likely N-dealkylation sites (tertiary alicyclic amines) is 2. The Kier molecular flexibility index (Phi) is 9.01. The van der Waals surface area contributed by atoms with Crippen molar-refractivity contribution in [3.05, 3.63) is 30.3 Å². The van der Waals surface area contributed by atoms with Crippen molar-refractivity contribution < 1.29 is 5.11 Å². The standard InChI is InChI=1S/C31H48N8O/c1-32-31-29(22-28(34-35-31)27-4-2-3-5-30(27)40)39-20-18-36(19-21-39)23-24-8-14-37(15-9-24)26-10-16-38(17-11-26)25-6-12-33-13-7-25/h2-5,22,24-26,33,40H,6-21,23H2,1H3,(H,32,35). The van der Waals surface area contributed by atoms with Gasteiger partial charge in [-0.05, 0) is 102 Å². The van der Waals surface area contributed by atoms with Crippen LogP contribution in [0.5, 0.6) is 5.75 Å². The Bertz CT molecular complexity index is 1080. The average Bonchev–Trinajstić information content (AvgIpc) is 3.02. The zero-order valence-electron chi connectivity index (χ0n) is 24.3. The van der Waals surface area contributed by atoms with Crippen molar-refractivity contribution in [3.63, 3.8) is 0 Å². The van der Waals surface area contributed by atoms with E-state index >= 15 is 0 Å². The van der Waals surface area contributed by atoms with Crippen LogP contribution in [-0.4, -0.2) is 121 Å². The number of phenolic OH excluding ortho intramolecular Hbond substituents is 1. The molecule has 218 valence electrons. The van der Waals surface area contributed by atoms with Gasteiger partial charge in [0, 0.05) is 57.4 Å². The number of nitrogens with one attached hydrogen (secondary N) is 2. The molecule has 0 amide bonds. The quantitative estimate of drug-likeness (QED) is 0.484. The number of para-hydroxylation sites is 1. The van der Waals surface area contributed by atoms with Crippen molar-refractivity contribution in [2.24, 2.45) is 5.92 Å². The van der Waals surface area contributed by atoms with Gasteiger partial charge in [-0.3, -0.25) is 4.90 Å². The first-order valence-electron chi connectivity index (χ1n) is 15.7. The topological polar surface area (TPSA) is 83.0 Å². The third kappa shape index (κ3) is 6.38. The van der Waals surface area contributed by atoms with Crippen molar-refractivity contribution in [2.45, 2.75) is 50.6 Å². The monoisotopic (exact) mass is 548 g/mol. The molecule has 4 saturated heterocycles. The van der Waals surface area contributed by atoms with E-state index in [1.165, 1.54) is 84.3 Å². The fourth-order valence-electron chi connectivity index (χ4n) is 7.45. The van der Waals surface area contributed by atoms with E-state index in [4.69, 9.17) is 0 Å². The highest BCUT2D eigenvalue weighted by Gasteiger charge is 2.32. The molecule has 5 heterocycles. The number of piperazine rings is 1. The predicted molar refractivity (Wildman–Crippen MR) is 162 cm³/mol. The van der Waals surface area contributed by atoms with Crippen LogP contribution >= 0.6 is 0 Å². The van der Waals surface area contributed by atoms with Crippen LogP contribution in [0, 0.1) is 5.92 Å². The van der Waals surface area contributed by atoms with Gasteiger partial charge >= 0.3 is 0 Å². The molecule has 9 nitrogen and oxygen atoms in total. The van der Waals surface area contributed by atoms with Crippen LogP contribution in [0.25, 0.3) is 11.3 Å². The first kappa shape index (κ1) is 27.7. The summed E-state index contributed by atoms with van der Waals surface area (Å²) >= 11 is 0. The summed E-state index contributed by atoms with van der Waals surface area (Å²) in [6, 6.07) is 11.0. The highest BCUT2D eigenvalue weighted by molar-refractivity contribution is 5.75. The van der Waals surface area contributed by atoms with Gasteiger partial charge in [0.1, 0.15) is 5.75 Å². The molecule has 0 aliphatic carbocycles. The predicted octanol–water partition coefficient (Wildman–Crippen LogP) is 2.94. The smallest absolute Gasteiger partial charge is 0.172 e. The number of hydrogen-bond acceptors (Lipinski definition) is 9. The maximum absolute atomic E-state index is 10.3. The summed E-state index contributed by atoms with van der Waals surface area (Å²) in [4.78, 5) is 10.7. The van der Waals surface area contributed by atoms with E-state index in [0.29, 0.717) is 5.69 Å². The van der Waals surface area contributed by atoms with E-state index < -0.39 is 0 Å². The second-order valence-electron chi connectivity index (χ2n) is 12.2. The molecule has 40 heavy (non-hydrogen) atoms. The number of hydrogen-bond donors (Lipinski definition) is 3. The van der Waals surface area contributed by atoms with Gasteiger partial charge < -0.3 is 30.4 Å². The van der Waals surface area contributed by atoms with Crippen molar-refractivity contribution in [1.82, 2.24) is 30.2 Å². The molecule has 9 heteroatoms. The minimum atomic E-state index is 0.235. The van der Waals surface area contributed by atoms with Gasteiger partial charge in [0.2, 0.25) is 0 Å². The number of rotatable bonds is 7. The number of anilines is 2. The van der Waals surface area contributed by atoms with Crippen molar-refractivity contribution in [3.8, 4) is 17.0 Å². The fourth-order valence-corrected chi connectivity index (χ4v) is 7.45. The van der Waals surface area contributed by atoms with Gasteiger partial charge in [-0.15, -0.1) is 10.2 Å². The maximum atomic E-state index is 10.3. The molecule has 0 bridgehead atoms. The zero-order valence-corrected chi connectivity index (χ0v) is 24.3. The van der Waals surface area contributed by atoms with Crippen molar-refractivity contribution in [1.29, 1.82) is 0 Å². The Labute approximate surface area is 239 Å². The Morgan fingerprint density at radius 3 is 2.15 bits per heavy atom. The lowest BCUT2D eigenvalue weighted by molar-refractivity contribution is 0.0489. The van der Waals surface area contributed by atoms with Gasteiger partial charge in [-0.2, -0.15) is 0 Å². The van der Waals surface area contributed by atoms with E-state index in [2.05, 4.69) is 46.5 Å². The van der Waals surface area contributed by atoms with Crippen LogP contribution in [0.1, 0.15) is 38.5 Å². The molecule has 0 spiro atoms. The summed E-state index contributed by atoms with van der Waals surface area (Å²) < 4.78 is 0. The fraction of sp³-hybridized carbons (Fsp3) is 0.677. The molecule has 6 rings (SSSR count). The van der Waals surface area contributed by atoms with E-state index in [1.807, 2.05) is 25.2 Å². The molecule has 0 radical (unpaired) electrons. The van der Waals surface area contributed by atoms with Gasteiger partial charge in [-0.1, -0.05) is 12.1 Å². The molecule has 2 aromatic rings. The minimum Gasteiger partial charge on any atom is -0.507 e. The zero-order chi connectivity index (χ0) is 27.3. The van der Waals surface area contributed by atoms with Crippen LogP contribution in [0.2, 0.25) is 0 Å². The SMILES string of the molecule is CNc1nnc(-c2ccccc2O)cc1N1CCN(CC2CCN(C3CCN(C4CCNCC4)CC3)CC2)CC1. The minimum absolute atomic E-state index is 0.235. The average molecular weight is 549 g/mol. The summed E-state index contributed by atoms with van der Waals surface area (Å²) in [5, 5.41) is 25.9. The van der Waals surface area contributed by atoms with E-state index in [-0.39, 0.29) is 5.75 Å². The number of phenols is 1. The second-order valence-corrected chi connectivity index (χ2v) is 12.2. The molecular weight excluding hydrogens is 500 g/mol. The van der Waals surface area contributed by atoms with E-state index in [0.717, 1.165) is 61.2 Å².